The van der Waals surface area contributed by atoms with Gasteiger partial charge in [-0.05, 0) is 0 Å². The molecule has 0 fully saturated rings. The molecule has 0 atom stereocenters. The zero-order chi connectivity index (χ0) is 7.94. The molecule has 0 unspecified atom stereocenters. The summed E-state index contributed by atoms with van der Waals surface area (Å²) >= 11 is 0. The second kappa shape index (κ2) is 6.54. The van der Waals surface area contributed by atoms with Crippen LogP contribution in [0.25, 0.3) is 0 Å². The van der Waals surface area contributed by atoms with Gasteiger partial charge in [0.05, 0.1) is 0 Å². The number of hydrogen-bond donors (Lipinski definition) is 0. The zero-order valence-corrected chi connectivity index (χ0v) is 14.3. The molecule has 1 aliphatic carbocycles. The van der Waals surface area contributed by atoms with Crippen molar-refractivity contribution in [3.63, 3.8) is 0 Å². The van der Waals surface area contributed by atoms with Gasteiger partial charge in [0.15, 0.2) is 0 Å². The van der Waals surface area contributed by atoms with Gasteiger partial charge in [-0.2, -0.15) is 11.1 Å². The molecule has 13 heavy (non-hydrogen) atoms. The zero-order valence-electron chi connectivity index (χ0n) is 8.61. The summed E-state index contributed by atoms with van der Waals surface area (Å²) in [5, 5.41) is 0. The van der Waals surface area contributed by atoms with E-state index in [4.69, 9.17) is 0 Å². The minimum absolute atomic E-state index is 0. The summed E-state index contributed by atoms with van der Waals surface area (Å²) in [6, 6.07) is 0. The minimum Gasteiger partial charge on any atom is -1.00 e. The molecule has 0 bridgehead atoms. The third kappa shape index (κ3) is 3.98. The summed E-state index contributed by atoms with van der Waals surface area (Å²) in [4.78, 5) is 0. The summed E-state index contributed by atoms with van der Waals surface area (Å²) in [5.74, 6) is 0. The van der Waals surface area contributed by atoms with Crippen molar-refractivity contribution >= 4 is 0 Å². The Labute approximate surface area is 116 Å². The van der Waals surface area contributed by atoms with Gasteiger partial charge in [0, 0.05) is 0 Å². The number of hydrogen-bond acceptors (Lipinski definition) is 0. The first-order valence-corrected chi connectivity index (χ1v) is 3.75. The topological polar surface area (TPSA) is 0 Å². The SMILES string of the molecule is CC1=[C-]C(C)(C)C(C)=C1C.[Br-].[Br-].[Os+2]. The Morgan fingerprint density at radius 1 is 1.00 bits per heavy atom. The van der Waals surface area contributed by atoms with Crippen LogP contribution in [0.1, 0.15) is 34.6 Å². The summed E-state index contributed by atoms with van der Waals surface area (Å²) in [6.07, 6.45) is 3.44. The van der Waals surface area contributed by atoms with Crippen molar-refractivity contribution in [3.05, 3.63) is 22.8 Å². The fourth-order valence-corrected chi connectivity index (χ4v) is 1.41. The van der Waals surface area contributed by atoms with Crippen molar-refractivity contribution < 1.29 is 53.8 Å². The Balaban J connectivity index is -0.000000333. The van der Waals surface area contributed by atoms with Crippen LogP contribution >= 0.6 is 0 Å². The van der Waals surface area contributed by atoms with Gasteiger partial charge in [-0.1, -0.05) is 33.1 Å². The third-order valence-electron chi connectivity index (χ3n) is 2.56. The average molecular weight is 485 g/mol. The van der Waals surface area contributed by atoms with E-state index in [9.17, 15) is 0 Å². The molecule has 1 aliphatic rings. The normalized spacial score (nSPS) is 18.1. The number of rotatable bonds is 0. The first-order chi connectivity index (χ1) is 4.45. The second-order valence-electron chi connectivity index (χ2n) is 3.62. The van der Waals surface area contributed by atoms with Gasteiger partial charge in [-0.15, -0.1) is 6.92 Å². The van der Waals surface area contributed by atoms with Gasteiger partial charge in [0.25, 0.3) is 0 Å². The molecule has 0 aromatic carbocycles. The van der Waals surface area contributed by atoms with Gasteiger partial charge in [0.2, 0.25) is 0 Å². The Morgan fingerprint density at radius 3 is 1.46 bits per heavy atom. The predicted octanol–water partition coefficient (Wildman–Crippen LogP) is -2.88. The molecule has 3 heteroatoms. The first kappa shape index (κ1) is 19.6. The van der Waals surface area contributed by atoms with Crippen molar-refractivity contribution in [3.8, 4) is 0 Å². The van der Waals surface area contributed by atoms with E-state index in [1.807, 2.05) is 0 Å². The van der Waals surface area contributed by atoms with E-state index < -0.39 is 0 Å². The van der Waals surface area contributed by atoms with Crippen molar-refractivity contribution in [2.75, 3.05) is 0 Å². The van der Waals surface area contributed by atoms with E-state index in [0.29, 0.717) is 0 Å². The molecular formula is C10H15Br2Os-. The van der Waals surface area contributed by atoms with Crippen LogP contribution in [-0.2, 0) is 19.8 Å². The van der Waals surface area contributed by atoms with E-state index >= 15 is 0 Å². The maximum atomic E-state index is 3.44. The van der Waals surface area contributed by atoms with Crippen molar-refractivity contribution in [1.82, 2.24) is 0 Å². The van der Waals surface area contributed by atoms with E-state index in [2.05, 4.69) is 40.7 Å². The van der Waals surface area contributed by atoms with E-state index in [1.54, 1.807) is 0 Å². The quantitative estimate of drug-likeness (QED) is 0.324. The van der Waals surface area contributed by atoms with Gasteiger partial charge in [-0.3, -0.25) is 6.08 Å². The Hall–Kier alpha value is 1.08. The standard InChI is InChI=1S/C10H15.2BrH.Os/c1-7-6-10(4,5)9(3)8(7)2;;;/h1-5H3;2*1H;/q-1;;;+2/p-2. The molecule has 0 aliphatic heterocycles. The predicted molar refractivity (Wildman–Crippen MR) is 44.6 cm³/mol. The summed E-state index contributed by atoms with van der Waals surface area (Å²) in [7, 11) is 0. The largest absolute Gasteiger partial charge is 2.00 e. The molecule has 0 saturated carbocycles. The molecule has 0 amide bonds. The fourth-order valence-electron chi connectivity index (χ4n) is 1.41. The average Bonchev–Trinajstić information content (AvgIpc) is 1.95. The molecular weight excluding hydrogens is 470 g/mol. The van der Waals surface area contributed by atoms with E-state index in [0.717, 1.165) is 0 Å². The Kier molecular flexibility index (Phi) is 9.87. The van der Waals surface area contributed by atoms with Crippen LogP contribution in [0, 0.1) is 11.5 Å². The van der Waals surface area contributed by atoms with Gasteiger partial charge in [0.1, 0.15) is 0 Å². The molecule has 1 rings (SSSR count). The minimum atomic E-state index is 0. The van der Waals surface area contributed by atoms with Crippen LogP contribution in [-0.4, -0.2) is 0 Å². The summed E-state index contributed by atoms with van der Waals surface area (Å²) < 4.78 is 0. The molecule has 78 valence electrons. The van der Waals surface area contributed by atoms with Crippen LogP contribution in [0.2, 0.25) is 0 Å². The monoisotopic (exact) mass is 485 g/mol. The maximum Gasteiger partial charge on any atom is 2.00 e. The van der Waals surface area contributed by atoms with Crippen molar-refractivity contribution in [2.24, 2.45) is 5.41 Å². The number of halogens is 2. The van der Waals surface area contributed by atoms with Crippen LogP contribution in [0.5, 0.6) is 0 Å². The first-order valence-electron chi connectivity index (χ1n) is 3.75. The summed E-state index contributed by atoms with van der Waals surface area (Å²) in [6.45, 7) is 10.9. The third-order valence-corrected chi connectivity index (χ3v) is 2.56. The molecule has 0 N–H and O–H groups in total. The van der Waals surface area contributed by atoms with E-state index in [1.165, 1.54) is 16.7 Å². The summed E-state index contributed by atoms with van der Waals surface area (Å²) in [5.41, 5.74) is 4.39. The Bertz CT molecular complexity index is 227. The smallest absolute Gasteiger partial charge is 1.00 e. The molecule has 0 heterocycles. The van der Waals surface area contributed by atoms with Crippen LogP contribution in [0.4, 0.5) is 0 Å². The molecule has 0 nitrogen and oxygen atoms in total. The van der Waals surface area contributed by atoms with Gasteiger partial charge >= 0.3 is 19.8 Å². The van der Waals surface area contributed by atoms with Crippen LogP contribution < -0.4 is 34.0 Å². The number of allylic oxidation sites excluding steroid dienone is 4. The van der Waals surface area contributed by atoms with Crippen LogP contribution in [0.3, 0.4) is 0 Å². The van der Waals surface area contributed by atoms with Gasteiger partial charge in [-0.25, -0.2) is 5.57 Å². The molecule has 0 aromatic heterocycles. The van der Waals surface area contributed by atoms with Gasteiger partial charge < -0.3 is 34.0 Å². The van der Waals surface area contributed by atoms with E-state index in [-0.39, 0.29) is 59.2 Å². The second-order valence-corrected chi connectivity index (χ2v) is 3.62. The van der Waals surface area contributed by atoms with Crippen molar-refractivity contribution in [2.45, 2.75) is 34.6 Å². The fraction of sp³-hybridized carbons (Fsp3) is 0.600. The van der Waals surface area contributed by atoms with Crippen molar-refractivity contribution in [1.29, 1.82) is 0 Å². The molecule has 0 aromatic rings. The maximum absolute atomic E-state index is 3.44. The molecule has 0 saturated heterocycles. The molecule has 0 spiro atoms. The molecule has 0 radical (unpaired) electrons. The Morgan fingerprint density at radius 2 is 1.38 bits per heavy atom. The van der Waals surface area contributed by atoms with Crippen LogP contribution in [0.15, 0.2) is 16.7 Å².